The zero-order valence-corrected chi connectivity index (χ0v) is 12.1. The maximum absolute atomic E-state index is 13.8. The monoisotopic (exact) mass is 286 g/mol. The lowest BCUT2D eigenvalue weighted by atomic mass is 10.1. The number of amides is 1. The Labute approximate surface area is 122 Å². The first-order chi connectivity index (χ1) is 9.93. The van der Waals surface area contributed by atoms with Crippen molar-refractivity contribution >= 4 is 5.91 Å². The van der Waals surface area contributed by atoms with Gasteiger partial charge in [0.2, 0.25) is 0 Å². The highest BCUT2D eigenvalue weighted by atomic mass is 19.1. The number of halogens is 1. The molecule has 1 amide bonds. The molecule has 5 nitrogen and oxygen atoms in total. The van der Waals surface area contributed by atoms with E-state index in [1.165, 1.54) is 23.1 Å². The number of carbonyl (C=O) groups excluding carboxylic acids is 1. The van der Waals surface area contributed by atoms with E-state index >= 15 is 0 Å². The summed E-state index contributed by atoms with van der Waals surface area (Å²) in [6.07, 6.45) is 0. The zero-order chi connectivity index (χ0) is 15.6. The highest BCUT2D eigenvalue weighted by Gasteiger charge is 2.20. The number of carbonyl (C=O) groups is 1. The molecule has 0 aliphatic carbocycles. The molecular weight excluding hydrogens is 271 g/mol. The van der Waals surface area contributed by atoms with Gasteiger partial charge in [-0.3, -0.25) is 9.89 Å². The fourth-order valence-electron chi connectivity index (χ4n) is 2.15. The fourth-order valence-corrected chi connectivity index (χ4v) is 2.15. The standard InChI is InChI=1S/C15H15FN4O/c1-9-14(10(2)19-18-9)15(21)20(3)8-12-6-11(7-17)4-5-13(12)16/h4-6H,8H2,1-3H3,(H,18,19). The van der Waals surface area contributed by atoms with Crippen LogP contribution in [-0.2, 0) is 6.54 Å². The summed E-state index contributed by atoms with van der Waals surface area (Å²) in [7, 11) is 1.59. The summed E-state index contributed by atoms with van der Waals surface area (Å²) in [6, 6.07) is 6.05. The summed E-state index contributed by atoms with van der Waals surface area (Å²) in [4.78, 5) is 13.8. The first-order valence-corrected chi connectivity index (χ1v) is 6.39. The molecule has 108 valence electrons. The first kappa shape index (κ1) is 14.7. The second-order valence-corrected chi connectivity index (χ2v) is 4.89. The minimum absolute atomic E-state index is 0.0875. The molecule has 1 heterocycles. The third-order valence-electron chi connectivity index (χ3n) is 3.27. The van der Waals surface area contributed by atoms with Crippen molar-refractivity contribution in [1.29, 1.82) is 5.26 Å². The quantitative estimate of drug-likeness (QED) is 0.941. The molecule has 6 heteroatoms. The van der Waals surface area contributed by atoms with Crippen molar-refractivity contribution in [3.63, 3.8) is 0 Å². The molecule has 0 fully saturated rings. The number of benzene rings is 1. The minimum atomic E-state index is -0.436. The molecule has 0 saturated heterocycles. The van der Waals surface area contributed by atoms with Crippen LogP contribution in [0.15, 0.2) is 18.2 Å². The van der Waals surface area contributed by atoms with E-state index in [0.29, 0.717) is 28.1 Å². The van der Waals surface area contributed by atoms with Crippen molar-refractivity contribution in [2.75, 3.05) is 7.05 Å². The predicted octanol–water partition coefficient (Wildman–Crippen LogP) is 2.31. The minimum Gasteiger partial charge on any atom is -0.337 e. The molecule has 2 aromatic rings. The predicted molar refractivity (Wildman–Crippen MR) is 75.0 cm³/mol. The van der Waals surface area contributed by atoms with Crippen LogP contribution >= 0.6 is 0 Å². The van der Waals surface area contributed by atoms with E-state index in [1.54, 1.807) is 20.9 Å². The van der Waals surface area contributed by atoms with Crippen molar-refractivity contribution in [3.8, 4) is 6.07 Å². The number of aryl methyl sites for hydroxylation is 2. The van der Waals surface area contributed by atoms with Gasteiger partial charge in [0.05, 0.1) is 22.9 Å². The lowest BCUT2D eigenvalue weighted by Gasteiger charge is -2.18. The molecule has 1 N–H and O–H groups in total. The summed E-state index contributed by atoms with van der Waals surface area (Å²) < 4.78 is 13.8. The molecular formula is C15H15FN4O. The normalized spacial score (nSPS) is 10.2. The second-order valence-electron chi connectivity index (χ2n) is 4.89. The highest BCUT2D eigenvalue weighted by Crippen LogP contribution is 2.16. The summed E-state index contributed by atoms with van der Waals surface area (Å²) in [6.45, 7) is 3.59. The van der Waals surface area contributed by atoms with Crippen LogP contribution in [0, 0.1) is 31.0 Å². The number of aromatic nitrogens is 2. The first-order valence-electron chi connectivity index (χ1n) is 6.39. The van der Waals surface area contributed by atoms with Crippen LogP contribution in [0.2, 0.25) is 0 Å². The van der Waals surface area contributed by atoms with Gasteiger partial charge >= 0.3 is 0 Å². The van der Waals surface area contributed by atoms with Gasteiger partial charge in [-0.25, -0.2) is 4.39 Å². The number of rotatable bonds is 3. The number of H-pyrrole nitrogens is 1. The third-order valence-corrected chi connectivity index (χ3v) is 3.27. The van der Waals surface area contributed by atoms with Crippen LogP contribution in [0.5, 0.6) is 0 Å². The van der Waals surface area contributed by atoms with E-state index in [9.17, 15) is 9.18 Å². The third kappa shape index (κ3) is 2.92. The van der Waals surface area contributed by atoms with Crippen molar-refractivity contribution in [1.82, 2.24) is 15.1 Å². The number of nitrogens with one attached hydrogen (secondary N) is 1. The molecule has 1 aromatic carbocycles. The van der Waals surface area contributed by atoms with Gasteiger partial charge < -0.3 is 4.90 Å². The van der Waals surface area contributed by atoms with E-state index in [-0.39, 0.29) is 12.5 Å². The van der Waals surface area contributed by atoms with E-state index in [1.807, 2.05) is 6.07 Å². The molecule has 0 aliphatic heterocycles. The van der Waals surface area contributed by atoms with Gasteiger partial charge in [0.25, 0.3) is 5.91 Å². The fraction of sp³-hybridized carbons (Fsp3) is 0.267. The molecule has 1 aromatic heterocycles. The maximum atomic E-state index is 13.8. The van der Waals surface area contributed by atoms with E-state index in [2.05, 4.69) is 10.2 Å². The lowest BCUT2D eigenvalue weighted by Crippen LogP contribution is -2.27. The average Bonchev–Trinajstić information content (AvgIpc) is 2.79. The van der Waals surface area contributed by atoms with Crippen molar-refractivity contribution < 1.29 is 9.18 Å². The van der Waals surface area contributed by atoms with Crippen LogP contribution in [0.1, 0.15) is 32.9 Å². The van der Waals surface area contributed by atoms with Crippen LogP contribution in [-0.4, -0.2) is 28.1 Å². The zero-order valence-electron chi connectivity index (χ0n) is 12.1. The van der Waals surface area contributed by atoms with Gasteiger partial charge in [0.1, 0.15) is 5.82 Å². The number of nitrogens with zero attached hydrogens (tertiary/aromatic N) is 3. The number of hydrogen-bond donors (Lipinski definition) is 1. The topological polar surface area (TPSA) is 72.8 Å². The van der Waals surface area contributed by atoms with Crippen molar-refractivity contribution in [3.05, 3.63) is 52.1 Å². The van der Waals surface area contributed by atoms with Crippen LogP contribution < -0.4 is 0 Å². The maximum Gasteiger partial charge on any atom is 0.257 e. The molecule has 0 atom stereocenters. The Bertz CT molecular complexity index is 710. The molecule has 21 heavy (non-hydrogen) atoms. The number of aromatic amines is 1. The Morgan fingerprint density at radius 2 is 2.19 bits per heavy atom. The van der Waals surface area contributed by atoms with Gasteiger partial charge in [-0.1, -0.05) is 0 Å². The molecule has 0 bridgehead atoms. The Balaban J connectivity index is 2.24. The Kier molecular flexibility index (Phi) is 4.03. The Hall–Kier alpha value is -2.68. The smallest absolute Gasteiger partial charge is 0.257 e. The van der Waals surface area contributed by atoms with Gasteiger partial charge in [-0.05, 0) is 32.0 Å². The molecule has 0 unspecified atom stereocenters. The molecule has 0 aliphatic rings. The molecule has 0 saturated carbocycles. The average molecular weight is 286 g/mol. The molecule has 0 spiro atoms. The van der Waals surface area contributed by atoms with Crippen LogP contribution in [0.25, 0.3) is 0 Å². The molecule has 0 radical (unpaired) electrons. The lowest BCUT2D eigenvalue weighted by molar-refractivity contribution is 0.0782. The van der Waals surface area contributed by atoms with Gasteiger partial charge in [0, 0.05) is 24.8 Å². The largest absolute Gasteiger partial charge is 0.337 e. The summed E-state index contributed by atoms with van der Waals surface area (Å²) in [5.41, 5.74) is 2.45. The molecule has 2 rings (SSSR count). The van der Waals surface area contributed by atoms with E-state index < -0.39 is 5.82 Å². The second kappa shape index (κ2) is 5.75. The van der Waals surface area contributed by atoms with E-state index in [4.69, 9.17) is 5.26 Å². The number of hydrogen-bond acceptors (Lipinski definition) is 3. The van der Waals surface area contributed by atoms with Gasteiger partial charge in [-0.15, -0.1) is 0 Å². The van der Waals surface area contributed by atoms with Gasteiger partial charge in [0.15, 0.2) is 0 Å². The van der Waals surface area contributed by atoms with E-state index in [0.717, 1.165) is 0 Å². The SMILES string of the molecule is Cc1n[nH]c(C)c1C(=O)N(C)Cc1cc(C#N)ccc1F. The van der Waals surface area contributed by atoms with Crippen LogP contribution in [0.4, 0.5) is 4.39 Å². The van der Waals surface area contributed by atoms with Crippen molar-refractivity contribution in [2.45, 2.75) is 20.4 Å². The summed E-state index contributed by atoms with van der Waals surface area (Å²) in [5.74, 6) is -0.671. The Morgan fingerprint density at radius 1 is 1.48 bits per heavy atom. The van der Waals surface area contributed by atoms with Crippen molar-refractivity contribution in [2.24, 2.45) is 0 Å². The number of nitriles is 1. The van der Waals surface area contributed by atoms with Gasteiger partial charge in [-0.2, -0.15) is 10.4 Å². The summed E-state index contributed by atoms with van der Waals surface area (Å²) >= 11 is 0. The van der Waals surface area contributed by atoms with Crippen LogP contribution in [0.3, 0.4) is 0 Å². The summed E-state index contributed by atoms with van der Waals surface area (Å²) in [5, 5.41) is 15.6. The highest BCUT2D eigenvalue weighted by molar-refractivity contribution is 5.96. The Morgan fingerprint density at radius 3 is 2.76 bits per heavy atom.